The molecule has 0 aliphatic carbocycles. The lowest BCUT2D eigenvalue weighted by Crippen LogP contribution is -2.24. The van der Waals surface area contributed by atoms with Gasteiger partial charge in [0, 0.05) is 13.1 Å². The fourth-order valence-corrected chi connectivity index (χ4v) is 2.66. The van der Waals surface area contributed by atoms with Gasteiger partial charge in [0.25, 0.3) is 0 Å². The van der Waals surface area contributed by atoms with Gasteiger partial charge in [-0.3, -0.25) is 4.68 Å². The minimum Gasteiger partial charge on any atom is -0.308 e. The molecule has 0 fully saturated rings. The number of nitrogens with zero attached hydrogens (tertiary/aromatic N) is 4. The molecule has 0 amide bonds. The van der Waals surface area contributed by atoms with Crippen LogP contribution >= 0.6 is 11.6 Å². The highest BCUT2D eigenvalue weighted by atomic mass is 35.5. The van der Waals surface area contributed by atoms with Crippen LogP contribution in [0.3, 0.4) is 0 Å². The minimum absolute atomic E-state index is 0.114. The van der Waals surface area contributed by atoms with Crippen LogP contribution in [0.1, 0.15) is 64.5 Å². The Hall–Kier alpha value is -1.03. The zero-order valence-electron chi connectivity index (χ0n) is 13.5. The van der Waals surface area contributed by atoms with E-state index in [2.05, 4.69) is 44.3 Å². The Kier molecular flexibility index (Phi) is 3.89. The second-order valence-electron chi connectivity index (χ2n) is 6.59. The third-order valence-electron chi connectivity index (χ3n) is 4.10. The zero-order chi connectivity index (χ0) is 15.2. The van der Waals surface area contributed by atoms with Gasteiger partial charge in [0.15, 0.2) is 5.65 Å². The first kappa shape index (κ1) is 15.4. The monoisotopic (exact) mass is 296 g/mol. The summed E-state index contributed by atoms with van der Waals surface area (Å²) in [7, 11) is 1.98. The molecule has 112 valence electrons. The van der Waals surface area contributed by atoms with Crippen LogP contribution in [0.25, 0.3) is 11.2 Å². The Balaban J connectivity index is 2.78. The third kappa shape index (κ3) is 2.34. The van der Waals surface area contributed by atoms with Gasteiger partial charge in [-0.05, 0) is 25.7 Å². The molecule has 0 radical (unpaired) electrons. The van der Waals surface area contributed by atoms with Gasteiger partial charge >= 0.3 is 0 Å². The molecule has 2 atom stereocenters. The highest BCUT2D eigenvalue weighted by molar-refractivity contribution is 6.20. The zero-order valence-corrected chi connectivity index (χ0v) is 14.3. The van der Waals surface area contributed by atoms with Gasteiger partial charge in [0.2, 0.25) is 0 Å². The Morgan fingerprint density at radius 1 is 1.25 bits per heavy atom. The van der Waals surface area contributed by atoms with Gasteiger partial charge in [0.1, 0.15) is 11.3 Å². The van der Waals surface area contributed by atoms with Crippen molar-refractivity contribution in [1.82, 2.24) is 19.3 Å². The largest absolute Gasteiger partial charge is 0.308 e. The maximum absolute atomic E-state index is 6.37. The molecule has 0 saturated carbocycles. The first-order chi connectivity index (χ1) is 9.18. The first-order valence-corrected chi connectivity index (χ1v) is 7.69. The van der Waals surface area contributed by atoms with Crippen molar-refractivity contribution in [3.8, 4) is 0 Å². The molecule has 2 aromatic heterocycles. The van der Waals surface area contributed by atoms with Gasteiger partial charge in [0.05, 0.1) is 11.1 Å². The number of aryl methyl sites for hydroxylation is 2. The maximum atomic E-state index is 6.37. The lowest BCUT2D eigenvalue weighted by Gasteiger charge is -2.30. The molecule has 0 bridgehead atoms. The molecule has 0 N–H and O–H groups in total. The van der Waals surface area contributed by atoms with Gasteiger partial charge in [-0.15, -0.1) is 11.6 Å². The van der Waals surface area contributed by atoms with E-state index in [4.69, 9.17) is 16.6 Å². The molecule has 2 heterocycles. The quantitative estimate of drug-likeness (QED) is 0.794. The second-order valence-corrected chi connectivity index (χ2v) is 7.25. The smallest absolute Gasteiger partial charge is 0.158 e. The Morgan fingerprint density at radius 2 is 1.85 bits per heavy atom. The van der Waals surface area contributed by atoms with E-state index in [1.54, 1.807) is 0 Å². The number of aromatic nitrogens is 4. The third-order valence-corrected chi connectivity index (χ3v) is 4.29. The molecule has 2 unspecified atom stereocenters. The number of hydrogen-bond acceptors (Lipinski definition) is 2. The summed E-state index contributed by atoms with van der Waals surface area (Å²) in [6, 6.07) is 0.295. The summed E-state index contributed by atoms with van der Waals surface area (Å²) >= 11 is 6.37. The van der Waals surface area contributed by atoms with Gasteiger partial charge < -0.3 is 4.57 Å². The standard InChI is InChI=1S/C15H25ClN4/c1-8-11-12-14(19(7)18-11)20(10(3)15(4,5)6)13(17-12)9(2)16/h9-10H,8H2,1-7H3. The van der Waals surface area contributed by atoms with Crippen molar-refractivity contribution in [2.75, 3.05) is 0 Å². The predicted molar refractivity (Wildman–Crippen MR) is 84.3 cm³/mol. The molecule has 2 aromatic rings. The van der Waals surface area contributed by atoms with Crippen LogP contribution in [-0.4, -0.2) is 19.3 Å². The van der Waals surface area contributed by atoms with Gasteiger partial charge in [-0.1, -0.05) is 27.7 Å². The van der Waals surface area contributed by atoms with Crippen molar-refractivity contribution in [2.24, 2.45) is 12.5 Å². The fourth-order valence-electron chi connectivity index (χ4n) is 2.51. The number of halogens is 1. The van der Waals surface area contributed by atoms with E-state index in [1.165, 1.54) is 0 Å². The molecule has 0 aromatic carbocycles. The number of imidazole rings is 1. The molecule has 20 heavy (non-hydrogen) atoms. The summed E-state index contributed by atoms with van der Waals surface area (Å²) in [4.78, 5) is 4.79. The highest BCUT2D eigenvalue weighted by Gasteiger charge is 2.29. The molecular formula is C15H25ClN4. The maximum Gasteiger partial charge on any atom is 0.158 e. The lowest BCUT2D eigenvalue weighted by molar-refractivity contribution is 0.260. The summed E-state index contributed by atoms with van der Waals surface area (Å²) in [6.45, 7) is 13.0. The van der Waals surface area contributed by atoms with Crippen molar-refractivity contribution < 1.29 is 0 Å². The van der Waals surface area contributed by atoms with E-state index in [-0.39, 0.29) is 10.8 Å². The van der Waals surface area contributed by atoms with Gasteiger partial charge in [-0.25, -0.2) is 4.98 Å². The summed E-state index contributed by atoms with van der Waals surface area (Å²) in [5.41, 5.74) is 3.24. The number of alkyl halides is 1. The van der Waals surface area contributed by atoms with E-state index < -0.39 is 0 Å². The lowest BCUT2D eigenvalue weighted by atomic mass is 9.87. The van der Waals surface area contributed by atoms with Crippen LogP contribution in [0.2, 0.25) is 0 Å². The van der Waals surface area contributed by atoms with Crippen molar-refractivity contribution in [3.63, 3.8) is 0 Å². The predicted octanol–water partition coefficient (Wildman–Crippen LogP) is 4.24. The summed E-state index contributed by atoms with van der Waals surface area (Å²) in [5, 5.41) is 4.47. The molecule has 0 saturated heterocycles. The van der Waals surface area contributed by atoms with Crippen molar-refractivity contribution in [3.05, 3.63) is 11.5 Å². The number of fused-ring (bicyclic) bond motifs is 1. The van der Waals surface area contributed by atoms with Crippen LogP contribution in [-0.2, 0) is 13.5 Å². The van der Waals surface area contributed by atoms with Crippen LogP contribution in [0.15, 0.2) is 0 Å². The van der Waals surface area contributed by atoms with Crippen LogP contribution in [0.4, 0.5) is 0 Å². The fraction of sp³-hybridized carbons (Fsp3) is 0.733. The minimum atomic E-state index is -0.114. The Morgan fingerprint density at radius 3 is 2.30 bits per heavy atom. The van der Waals surface area contributed by atoms with E-state index in [0.29, 0.717) is 6.04 Å². The number of rotatable bonds is 3. The second kappa shape index (κ2) is 5.06. The first-order valence-electron chi connectivity index (χ1n) is 7.26. The molecule has 5 heteroatoms. The van der Waals surface area contributed by atoms with Crippen molar-refractivity contribution in [1.29, 1.82) is 0 Å². The average molecular weight is 297 g/mol. The van der Waals surface area contributed by atoms with E-state index >= 15 is 0 Å². The summed E-state index contributed by atoms with van der Waals surface area (Å²) < 4.78 is 4.20. The van der Waals surface area contributed by atoms with Crippen LogP contribution < -0.4 is 0 Å². The summed E-state index contributed by atoms with van der Waals surface area (Å²) in [6.07, 6.45) is 0.883. The molecular weight excluding hydrogens is 272 g/mol. The van der Waals surface area contributed by atoms with Crippen molar-refractivity contribution >= 4 is 22.8 Å². The number of hydrogen-bond donors (Lipinski definition) is 0. The normalized spacial score (nSPS) is 15.8. The molecule has 0 spiro atoms. The topological polar surface area (TPSA) is 35.6 Å². The van der Waals surface area contributed by atoms with E-state index in [1.807, 2.05) is 18.7 Å². The molecule has 0 aliphatic heterocycles. The molecule has 0 aliphatic rings. The van der Waals surface area contributed by atoms with E-state index in [0.717, 1.165) is 29.1 Å². The van der Waals surface area contributed by atoms with E-state index in [9.17, 15) is 0 Å². The van der Waals surface area contributed by atoms with Gasteiger partial charge in [-0.2, -0.15) is 5.10 Å². The Bertz CT molecular complexity index is 616. The molecule has 4 nitrogen and oxygen atoms in total. The van der Waals surface area contributed by atoms with Crippen LogP contribution in [0.5, 0.6) is 0 Å². The Labute approximate surface area is 126 Å². The van der Waals surface area contributed by atoms with Crippen LogP contribution in [0, 0.1) is 5.41 Å². The highest BCUT2D eigenvalue weighted by Crippen LogP contribution is 2.37. The summed E-state index contributed by atoms with van der Waals surface area (Å²) in [5.74, 6) is 0.937. The van der Waals surface area contributed by atoms with Crippen molar-refractivity contribution in [2.45, 2.75) is 59.4 Å². The SMILES string of the molecule is CCc1nn(C)c2c1nc(C(C)Cl)n2C(C)C(C)(C)C. The molecule has 2 rings (SSSR count). The average Bonchev–Trinajstić information content (AvgIpc) is 2.85.